The largest absolute Gasteiger partial charge is 0.468 e. The summed E-state index contributed by atoms with van der Waals surface area (Å²) in [6.07, 6.45) is 0.533. The molecule has 0 bridgehead atoms. The summed E-state index contributed by atoms with van der Waals surface area (Å²) < 4.78 is 11.3. The topological polar surface area (TPSA) is 67.9 Å². The Morgan fingerprint density at radius 1 is 0.878 bits per heavy atom. The molecule has 208 valence electrons. The van der Waals surface area contributed by atoms with E-state index < -0.39 is 17.4 Å². The molecular formula is C33H32BBrN2O4. The third-order valence-corrected chi connectivity index (χ3v) is 9.61. The molecule has 6 rings (SSSR count). The first kappa shape index (κ1) is 27.4. The molecule has 0 radical (unpaired) electrons. The fourth-order valence-electron chi connectivity index (χ4n) is 6.88. The quantitative estimate of drug-likeness (QED) is 0.175. The molecule has 0 spiro atoms. The number of hydrogen-bond donors (Lipinski definition) is 1. The van der Waals surface area contributed by atoms with Gasteiger partial charge in [0.15, 0.2) is 5.41 Å². The maximum absolute atomic E-state index is 13.1. The maximum Gasteiger partial charge on any atom is 0.409 e. The van der Waals surface area contributed by atoms with Crippen molar-refractivity contribution in [2.75, 3.05) is 24.3 Å². The number of fused-ring (bicyclic) bond motifs is 1. The van der Waals surface area contributed by atoms with Gasteiger partial charge in [0, 0.05) is 40.6 Å². The molecule has 2 aliphatic rings. The summed E-state index contributed by atoms with van der Waals surface area (Å²) in [4.78, 5) is 28.6. The van der Waals surface area contributed by atoms with Crippen molar-refractivity contribution in [3.8, 4) is 0 Å². The summed E-state index contributed by atoms with van der Waals surface area (Å²) in [5, 5.41) is 6.27. The zero-order valence-electron chi connectivity index (χ0n) is 23.9. The van der Waals surface area contributed by atoms with Crippen LogP contribution < -0.4 is 15.5 Å². The van der Waals surface area contributed by atoms with Crippen LogP contribution >= 0.6 is 15.9 Å². The van der Waals surface area contributed by atoms with Gasteiger partial charge in [0.1, 0.15) is 0 Å². The standard InChI is InChI=1S/C33H32BBrN2O4/c1-19-20(2)30(21(3)26-17-33(16-25(19)26,31(38)40-4)32(39)41-5)34-36-27-10-6-8-23-9-7-11-28(29(23)27)37(34)18-22-12-14-24(35)15-13-22/h6-15,36H,16-18H2,1-5H3. The number of esters is 2. The van der Waals surface area contributed by atoms with Crippen molar-refractivity contribution in [2.45, 2.75) is 40.2 Å². The Morgan fingerprint density at radius 3 is 2.12 bits per heavy atom. The zero-order valence-corrected chi connectivity index (χ0v) is 25.5. The monoisotopic (exact) mass is 610 g/mol. The number of carbonyl (C=O) groups excluding carboxylic acids is 2. The van der Waals surface area contributed by atoms with E-state index >= 15 is 0 Å². The molecule has 6 nitrogen and oxygen atoms in total. The fraction of sp³-hybridized carbons (Fsp3) is 0.273. The predicted octanol–water partition coefficient (Wildman–Crippen LogP) is 5.79. The average Bonchev–Trinajstić information content (AvgIpc) is 3.41. The number of rotatable bonds is 5. The SMILES string of the molecule is COC(=O)C1(C(=O)OC)Cc2c(C)c(C)c(B3Nc4cccc5cccc(c45)N3Cc3ccc(Br)cc3)c(C)c2C1. The number of methoxy groups -OCH3 is 2. The van der Waals surface area contributed by atoms with E-state index in [1.54, 1.807) is 0 Å². The lowest BCUT2D eigenvalue weighted by Crippen LogP contribution is -2.57. The Bertz CT molecular complexity index is 1700. The highest BCUT2D eigenvalue weighted by Gasteiger charge is 2.54. The van der Waals surface area contributed by atoms with Gasteiger partial charge in [-0.25, -0.2) is 0 Å². The second-order valence-corrected chi connectivity index (χ2v) is 12.1. The molecule has 4 aromatic carbocycles. The molecule has 0 aromatic heterocycles. The molecule has 0 saturated heterocycles. The van der Waals surface area contributed by atoms with Gasteiger partial charge in [-0.3, -0.25) is 9.59 Å². The van der Waals surface area contributed by atoms with Gasteiger partial charge in [0.05, 0.1) is 14.2 Å². The minimum atomic E-state index is -1.37. The number of benzene rings is 4. The average molecular weight is 611 g/mol. The number of anilines is 2. The molecule has 4 aromatic rings. The van der Waals surface area contributed by atoms with Crippen molar-refractivity contribution in [1.29, 1.82) is 0 Å². The van der Waals surface area contributed by atoms with Crippen molar-refractivity contribution in [3.05, 3.63) is 98.5 Å². The van der Waals surface area contributed by atoms with E-state index in [0.29, 0.717) is 6.54 Å². The predicted molar refractivity (Wildman–Crippen MR) is 168 cm³/mol. The van der Waals surface area contributed by atoms with Crippen molar-refractivity contribution < 1.29 is 19.1 Å². The summed E-state index contributed by atoms with van der Waals surface area (Å²) in [6, 6.07) is 21.3. The third kappa shape index (κ3) is 4.22. The highest BCUT2D eigenvalue weighted by atomic mass is 79.9. The van der Waals surface area contributed by atoms with Crippen LogP contribution in [-0.4, -0.2) is 33.1 Å². The first-order chi connectivity index (χ1) is 19.7. The molecule has 0 unspecified atom stereocenters. The van der Waals surface area contributed by atoms with Crippen LogP contribution in [0.1, 0.15) is 33.4 Å². The Balaban J connectivity index is 1.53. The highest BCUT2D eigenvalue weighted by Crippen LogP contribution is 2.44. The molecule has 1 heterocycles. The number of carbonyl (C=O) groups is 2. The fourth-order valence-corrected chi connectivity index (χ4v) is 7.14. The number of nitrogens with zero attached hydrogens (tertiary/aromatic N) is 1. The van der Waals surface area contributed by atoms with Gasteiger partial charge in [0.25, 0.3) is 0 Å². The summed E-state index contributed by atoms with van der Waals surface area (Å²) in [6.45, 7) is 6.88. The maximum atomic E-state index is 13.1. The Labute approximate surface area is 249 Å². The molecule has 0 atom stereocenters. The summed E-state index contributed by atoms with van der Waals surface area (Å²) >= 11 is 3.57. The van der Waals surface area contributed by atoms with Crippen molar-refractivity contribution >= 4 is 62.5 Å². The third-order valence-electron chi connectivity index (χ3n) is 9.09. The van der Waals surface area contributed by atoms with Gasteiger partial charge in [-0.1, -0.05) is 52.3 Å². The van der Waals surface area contributed by atoms with Gasteiger partial charge >= 0.3 is 18.9 Å². The lowest BCUT2D eigenvalue weighted by atomic mass is 9.59. The molecule has 1 N–H and O–H groups in total. The van der Waals surface area contributed by atoms with E-state index in [1.807, 2.05) is 0 Å². The minimum Gasteiger partial charge on any atom is -0.468 e. The van der Waals surface area contributed by atoms with E-state index in [4.69, 9.17) is 9.47 Å². The van der Waals surface area contributed by atoms with Crippen molar-refractivity contribution in [2.24, 2.45) is 5.41 Å². The van der Waals surface area contributed by atoms with Crippen LogP contribution in [0.4, 0.5) is 11.4 Å². The summed E-state index contributed by atoms with van der Waals surface area (Å²) in [5.74, 6) is -1.10. The summed E-state index contributed by atoms with van der Waals surface area (Å²) in [5.41, 5.74) is 8.64. The normalized spacial score (nSPS) is 15.0. The Kier molecular flexibility index (Phi) is 6.85. The van der Waals surface area contributed by atoms with Crippen molar-refractivity contribution in [1.82, 2.24) is 0 Å². The number of ether oxygens (including phenoxy) is 2. The second kappa shape index (κ2) is 10.2. The number of nitrogens with one attached hydrogen (secondary N) is 1. The van der Waals surface area contributed by atoms with Gasteiger partial charge in [-0.2, -0.15) is 0 Å². The van der Waals surface area contributed by atoms with Crippen LogP contribution in [-0.2, 0) is 38.4 Å². The van der Waals surface area contributed by atoms with Crippen LogP contribution in [0.25, 0.3) is 10.8 Å². The molecule has 41 heavy (non-hydrogen) atoms. The van der Waals surface area contributed by atoms with E-state index in [-0.39, 0.29) is 19.8 Å². The van der Waals surface area contributed by atoms with Crippen LogP contribution in [0.5, 0.6) is 0 Å². The molecule has 0 fully saturated rings. The zero-order chi connectivity index (χ0) is 29.1. The van der Waals surface area contributed by atoms with Gasteiger partial charge in [0.2, 0.25) is 0 Å². The second-order valence-electron chi connectivity index (χ2n) is 11.1. The van der Waals surface area contributed by atoms with E-state index in [2.05, 4.69) is 107 Å². The van der Waals surface area contributed by atoms with Crippen LogP contribution in [0, 0.1) is 26.2 Å². The smallest absolute Gasteiger partial charge is 0.409 e. The van der Waals surface area contributed by atoms with E-state index in [0.717, 1.165) is 43.4 Å². The van der Waals surface area contributed by atoms with Gasteiger partial charge < -0.3 is 19.5 Å². The Hall–Kier alpha value is -3.78. The molecule has 1 aliphatic heterocycles. The number of halogens is 1. The van der Waals surface area contributed by atoms with E-state index in [9.17, 15) is 9.59 Å². The Morgan fingerprint density at radius 2 is 1.49 bits per heavy atom. The van der Waals surface area contributed by atoms with E-state index in [1.165, 1.54) is 36.2 Å². The van der Waals surface area contributed by atoms with Gasteiger partial charge in [-0.15, -0.1) is 0 Å². The lowest BCUT2D eigenvalue weighted by Gasteiger charge is -2.39. The highest BCUT2D eigenvalue weighted by molar-refractivity contribution is 9.10. The molecule has 0 saturated carbocycles. The van der Waals surface area contributed by atoms with Crippen LogP contribution in [0.2, 0.25) is 0 Å². The minimum absolute atomic E-state index is 0.172. The molecule has 1 aliphatic carbocycles. The summed E-state index contributed by atoms with van der Waals surface area (Å²) in [7, 11) is 2.66. The molecule has 8 heteroatoms. The molecule has 0 amide bonds. The lowest BCUT2D eigenvalue weighted by molar-refractivity contribution is -0.168. The molecular weight excluding hydrogens is 579 g/mol. The first-order valence-corrected chi connectivity index (χ1v) is 14.6. The van der Waals surface area contributed by atoms with Crippen LogP contribution in [0.15, 0.2) is 65.1 Å². The number of hydrogen-bond acceptors (Lipinski definition) is 6. The van der Waals surface area contributed by atoms with Crippen LogP contribution in [0.3, 0.4) is 0 Å². The van der Waals surface area contributed by atoms with Gasteiger partial charge in [-0.05, 0) is 89.3 Å². The van der Waals surface area contributed by atoms with Crippen molar-refractivity contribution in [3.63, 3.8) is 0 Å². The first-order valence-electron chi connectivity index (χ1n) is 13.8.